The summed E-state index contributed by atoms with van der Waals surface area (Å²) in [5, 5.41) is 1.36. The van der Waals surface area contributed by atoms with Crippen molar-refractivity contribution in [2.24, 2.45) is 0 Å². The molecule has 0 aliphatic rings. The number of benzene rings is 1. The second kappa shape index (κ2) is 3.35. The van der Waals surface area contributed by atoms with E-state index in [1.165, 1.54) is 20.5 Å². The molecule has 0 spiro atoms. The highest BCUT2D eigenvalue weighted by atomic mass is 32.1. The summed E-state index contributed by atoms with van der Waals surface area (Å²) in [6.07, 6.45) is 1.13. The van der Waals surface area contributed by atoms with E-state index in [1.54, 1.807) is 0 Å². The molecule has 0 aliphatic heterocycles. The predicted molar refractivity (Wildman–Crippen MR) is 63.2 cm³/mol. The van der Waals surface area contributed by atoms with Crippen LogP contribution in [0.5, 0.6) is 0 Å². The van der Waals surface area contributed by atoms with E-state index >= 15 is 0 Å². The number of thiophene rings is 1. The van der Waals surface area contributed by atoms with Crippen molar-refractivity contribution < 1.29 is 0 Å². The third-order valence-electron chi connectivity index (χ3n) is 2.23. The van der Waals surface area contributed by atoms with Crippen molar-refractivity contribution in [2.75, 3.05) is 0 Å². The van der Waals surface area contributed by atoms with Crippen LogP contribution in [0.25, 0.3) is 10.1 Å². The zero-order valence-corrected chi connectivity index (χ0v) is 9.51. The van der Waals surface area contributed by atoms with Crippen molar-refractivity contribution in [1.29, 1.82) is 0 Å². The zero-order valence-electron chi connectivity index (χ0n) is 7.79. The molecule has 0 nitrogen and oxygen atoms in total. The Balaban J connectivity index is 2.70. The molecular formula is C11H12S2. The van der Waals surface area contributed by atoms with E-state index in [4.69, 9.17) is 0 Å². The summed E-state index contributed by atoms with van der Waals surface area (Å²) in [6, 6.07) is 6.66. The number of rotatable bonds is 1. The van der Waals surface area contributed by atoms with Crippen LogP contribution < -0.4 is 0 Å². The van der Waals surface area contributed by atoms with Gasteiger partial charge in [0.25, 0.3) is 0 Å². The highest BCUT2D eigenvalue weighted by Crippen LogP contribution is 2.29. The van der Waals surface area contributed by atoms with Crippen molar-refractivity contribution in [3.63, 3.8) is 0 Å². The molecule has 0 fully saturated rings. The van der Waals surface area contributed by atoms with Gasteiger partial charge in [0.2, 0.25) is 0 Å². The molecule has 13 heavy (non-hydrogen) atoms. The van der Waals surface area contributed by atoms with Gasteiger partial charge in [0.05, 0.1) is 0 Å². The normalized spacial score (nSPS) is 11.0. The van der Waals surface area contributed by atoms with E-state index in [9.17, 15) is 0 Å². The lowest BCUT2D eigenvalue weighted by Gasteiger charge is -1.97. The molecule has 0 saturated heterocycles. The largest absolute Gasteiger partial charge is 0.143 e. The molecule has 0 amide bonds. The van der Waals surface area contributed by atoms with Gasteiger partial charge in [-0.15, -0.1) is 24.0 Å². The Hall–Kier alpha value is -0.470. The van der Waals surface area contributed by atoms with Crippen LogP contribution in [-0.4, -0.2) is 0 Å². The van der Waals surface area contributed by atoms with Gasteiger partial charge in [-0.1, -0.05) is 6.92 Å². The molecule has 2 rings (SSSR count). The van der Waals surface area contributed by atoms with Crippen molar-refractivity contribution in [3.05, 3.63) is 28.6 Å². The maximum atomic E-state index is 4.42. The SMILES string of the molecule is CCc1cc2cc(C)c(S)cc2s1. The van der Waals surface area contributed by atoms with Crippen LogP contribution >= 0.6 is 24.0 Å². The van der Waals surface area contributed by atoms with E-state index in [0.29, 0.717) is 0 Å². The third-order valence-corrected chi connectivity index (χ3v) is 3.96. The highest BCUT2D eigenvalue weighted by Gasteiger charge is 2.02. The Bertz CT molecular complexity index is 402. The summed E-state index contributed by atoms with van der Waals surface area (Å²) >= 11 is 6.29. The van der Waals surface area contributed by atoms with Crippen molar-refractivity contribution in [3.8, 4) is 0 Å². The maximum absolute atomic E-state index is 4.42. The Morgan fingerprint density at radius 1 is 1.31 bits per heavy atom. The third kappa shape index (κ3) is 1.61. The smallest absolute Gasteiger partial charge is 0.0356 e. The summed E-state index contributed by atoms with van der Waals surface area (Å²) in [7, 11) is 0. The van der Waals surface area contributed by atoms with Gasteiger partial charge < -0.3 is 0 Å². The molecule has 2 heteroatoms. The average Bonchev–Trinajstić information content (AvgIpc) is 2.48. The zero-order chi connectivity index (χ0) is 9.42. The minimum atomic E-state index is 1.09. The molecule has 68 valence electrons. The molecule has 0 bridgehead atoms. The fourth-order valence-corrected chi connectivity index (χ4v) is 2.73. The lowest BCUT2D eigenvalue weighted by atomic mass is 10.2. The van der Waals surface area contributed by atoms with Crippen molar-refractivity contribution in [2.45, 2.75) is 25.2 Å². The molecule has 0 unspecified atom stereocenters. The van der Waals surface area contributed by atoms with E-state index in [-0.39, 0.29) is 0 Å². The van der Waals surface area contributed by atoms with Crippen LogP contribution in [0.3, 0.4) is 0 Å². The molecule has 2 aromatic rings. The van der Waals surface area contributed by atoms with Crippen LogP contribution in [0.2, 0.25) is 0 Å². The maximum Gasteiger partial charge on any atom is 0.0356 e. The number of aryl methyl sites for hydroxylation is 2. The number of thiol groups is 1. The summed E-state index contributed by atoms with van der Waals surface area (Å²) in [4.78, 5) is 2.55. The lowest BCUT2D eigenvalue weighted by molar-refractivity contribution is 1.19. The van der Waals surface area contributed by atoms with Gasteiger partial charge in [-0.2, -0.15) is 0 Å². The first kappa shape index (κ1) is 9.10. The Labute approximate surface area is 88.0 Å². The minimum Gasteiger partial charge on any atom is -0.143 e. The van der Waals surface area contributed by atoms with E-state index in [2.05, 4.69) is 44.7 Å². The first-order valence-corrected chi connectivity index (χ1v) is 5.69. The number of hydrogen-bond donors (Lipinski definition) is 1. The fourth-order valence-electron chi connectivity index (χ4n) is 1.42. The highest BCUT2D eigenvalue weighted by molar-refractivity contribution is 7.80. The van der Waals surface area contributed by atoms with Gasteiger partial charge >= 0.3 is 0 Å². The van der Waals surface area contributed by atoms with Gasteiger partial charge in [0.1, 0.15) is 0 Å². The van der Waals surface area contributed by atoms with Crippen LogP contribution in [0, 0.1) is 6.92 Å². The Kier molecular flexibility index (Phi) is 2.35. The molecular weight excluding hydrogens is 196 g/mol. The molecule has 0 radical (unpaired) electrons. The van der Waals surface area contributed by atoms with Crippen LogP contribution in [-0.2, 0) is 6.42 Å². The first-order chi connectivity index (χ1) is 6.20. The predicted octanol–water partition coefficient (Wildman–Crippen LogP) is 4.06. The molecule has 0 aliphatic carbocycles. The van der Waals surface area contributed by atoms with Gasteiger partial charge in [-0.3, -0.25) is 0 Å². The van der Waals surface area contributed by atoms with Crippen molar-refractivity contribution >= 4 is 34.1 Å². The van der Waals surface area contributed by atoms with Gasteiger partial charge in [0, 0.05) is 14.5 Å². The lowest BCUT2D eigenvalue weighted by Crippen LogP contribution is -1.73. The van der Waals surface area contributed by atoms with Crippen LogP contribution in [0.15, 0.2) is 23.1 Å². The van der Waals surface area contributed by atoms with E-state index in [1.807, 2.05) is 11.3 Å². The molecule has 1 aromatic heterocycles. The topological polar surface area (TPSA) is 0 Å². The second-order valence-electron chi connectivity index (χ2n) is 3.24. The number of hydrogen-bond acceptors (Lipinski definition) is 2. The quantitative estimate of drug-likeness (QED) is 0.671. The summed E-state index contributed by atoms with van der Waals surface area (Å²) in [6.45, 7) is 4.30. The standard InChI is InChI=1S/C11H12S2/c1-3-9-5-8-4-7(2)10(12)6-11(8)13-9/h4-6,12H,3H2,1-2H3. The van der Waals surface area contributed by atoms with Crippen molar-refractivity contribution in [1.82, 2.24) is 0 Å². The van der Waals surface area contributed by atoms with Gasteiger partial charge in [0.15, 0.2) is 0 Å². The summed E-state index contributed by atoms with van der Waals surface area (Å²) in [5.74, 6) is 0. The van der Waals surface area contributed by atoms with Crippen LogP contribution in [0.4, 0.5) is 0 Å². The van der Waals surface area contributed by atoms with E-state index < -0.39 is 0 Å². The van der Waals surface area contributed by atoms with Crippen LogP contribution in [0.1, 0.15) is 17.4 Å². The van der Waals surface area contributed by atoms with Gasteiger partial charge in [-0.05, 0) is 42.5 Å². The second-order valence-corrected chi connectivity index (χ2v) is 4.89. The average molecular weight is 208 g/mol. The Morgan fingerprint density at radius 2 is 2.08 bits per heavy atom. The molecule has 1 heterocycles. The number of fused-ring (bicyclic) bond motifs is 1. The van der Waals surface area contributed by atoms with Gasteiger partial charge in [-0.25, -0.2) is 0 Å². The monoisotopic (exact) mass is 208 g/mol. The summed E-state index contributed by atoms with van der Waals surface area (Å²) in [5.41, 5.74) is 1.26. The molecule has 0 atom stereocenters. The first-order valence-electron chi connectivity index (χ1n) is 4.42. The molecule has 1 aromatic carbocycles. The minimum absolute atomic E-state index is 1.09. The fraction of sp³-hybridized carbons (Fsp3) is 0.273. The Morgan fingerprint density at radius 3 is 2.77 bits per heavy atom. The van der Waals surface area contributed by atoms with E-state index in [0.717, 1.165) is 11.3 Å². The summed E-state index contributed by atoms with van der Waals surface area (Å²) < 4.78 is 1.35. The molecule has 0 N–H and O–H groups in total. The molecule has 0 saturated carbocycles.